The van der Waals surface area contributed by atoms with Crippen molar-refractivity contribution in [2.24, 2.45) is 23.2 Å². The summed E-state index contributed by atoms with van der Waals surface area (Å²) in [6.07, 6.45) is 8.08. The molecule has 0 atom stereocenters. The first-order chi connectivity index (χ1) is 12.9. The predicted molar refractivity (Wildman–Crippen MR) is 95.7 cm³/mol. The smallest absolute Gasteiger partial charge is 0.371 e. The molecule has 7 heteroatoms. The van der Waals surface area contributed by atoms with Gasteiger partial charge in [0, 0.05) is 6.42 Å². The lowest BCUT2D eigenvalue weighted by atomic mass is 9.49. The standard InChI is InChI=1S/C20H26N2O5/c23-17(9-20-6-12-3-13(7-20)5-14(4-12)8-20)22-11-18(24)21-10-15-1-2-16(27-15)19(25)26/h1-2,12-14H,3-11H2,(H,21,24)(H,22,23)(H,25,26). The fraction of sp³-hybridized carbons (Fsp3) is 0.650. The highest BCUT2D eigenvalue weighted by molar-refractivity contribution is 5.85. The van der Waals surface area contributed by atoms with Gasteiger partial charge in [-0.05, 0) is 73.8 Å². The van der Waals surface area contributed by atoms with Crippen molar-refractivity contribution in [3.63, 3.8) is 0 Å². The van der Waals surface area contributed by atoms with Crippen LogP contribution in [0.4, 0.5) is 0 Å². The Bertz CT molecular complexity index is 718. The average molecular weight is 374 g/mol. The zero-order chi connectivity index (χ0) is 19.0. The maximum absolute atomic E-state index is 12.4. The molecule has 4 bridgehead atoms. The van der Waals surface area contributed by atoms with Crippen LogP contribution < -0.4 is 10.6 Å². The number of aromatic carboxylic acids is 1. The molecule has 1 aromatic rings. The SMILES string of the molecule is O=C(CNC(=O)CC12CC3CC(CC(C3)C1)C2)NCc1ccc(C(=O)O)o1. The van der Waals surface area contributed by atoms with Gasteiger partial charge in [0.1, 0.15) is 5.76 Å². The van der Waals surface area contributed by atoms with Crippen molar-refractivity contribution in [1.29, 1.82) is 0 Å². The van der Waals surface area contributed by atoms with Gasteiger partial charge in [0.15, 0.2) is 0 Å². The van der Waals surface area contributed by atoms with Crippen molar-refractivity contribution in [2.75, 3.05) is 6.54 Å². The third-order valence-corrected chi connectivity index (χ3v) is 6.48. The molecule has 5 rings (SSSR count). The molecule has 0 saturated heterocycles. The lowest BCUT2D eigenvalue weighted by Crippen LogP contribution is -2.48. The highest BCUT2D eigenvalue weighted by Crippen LogP contribution is 2.61. The van der Waals surface area contributed by atoms with Crippen LogP contribution in [0.2, 0.25) is 0 Å². The van der Waals surface area contributed by atoms with Crippen molar-refractivity contribution in [3.8, 4) is 0 Å². The topological polar surface area (TPSA) is 109 Å². The summed E-state index contributed by atoms with van der Waals surface area (Å²) < 4.78 is 5.08. The Hall–Kier alpha value is -2.31. The monoisotopic (exact) mass is 374 g/mol. The number of rotatable bonds is 7. The molecule has 0 aromatic carbocycles. The Morgan fingerprint density at radius 2 is 1.63 bits per heavy atom. The van der Waals surface area contributed by atoms with Gasteiger partial charge in [0.25, 0.3) is 0 Å². The maximum atomic E-state index is 12.4. The number of nitrogens with one attached hydrogen (secondary N) is 2. The first-order valence-electron chi connectivity index (χ1n) is 9.76. The molecule has 2 amide bonds. The van der Waals surface area contributed by atoms with E-state index in [0.717, 1.165) is 17.8 Å². The van der Waals surface area contributed by atoms with Crippen molar-refractivity contribution >= 4 is 17.8 Å². The molecule has 4 aliphatic rings. The summed E-state index contributed by atoms with van der Waals surface area (Å²) >= 11 is 0. The third-order valence-electron chi connectivity index (χ3n) is 6.48. The number of carboxylic acids is 1. The molecule has 0 unspecified atom stereocenters. The molecular weight excluding hydrogens is 348 g/mol. The highest BCUT2D eigenvalue weighted by atomic mass is 16.4. The van der Waals surface area contributed by atoms with E-state index in [1.54, 1.807) is 0 Å². The molecule has 0 spiro atoms. The first-order valence-corrected chi connectivity index (χ1v) is 9.76. The molecule has 27 heavy (non-hydrogen) atoms. The van der Waals surface area contributed by atoms with E-state index in [1.165, 1.54) is 50.7 Å². The van der Waals surface area contributed by atoms with E-state index in [2.05, 4.69) is 10.6 Å². The summed E-state index contributed by atoms with van der Waals surface area (Å²) in [7, 11) is 0. The van der Waals surface area contributed by atoms with Gasteiger partial charge in [-0.25, -0.2) is 4.79 Å². The zero-order valence-electron chi connectivity index (χ0n) is 15.3. The van der Waals surface area contributed by atoms with Crippen LogP contribution in [0.25, 0.3) is 0 Å². The average Bonchev–Trinajstić information content (AvgIpc) is 3.06. The molecule has 4 aliphatic carbocycles. The van der Waals surface area contributed by atoms with E-state index >= 15 is 0 Å². The summed E-state index contributed by atoms with van der Waals surface area (Å²) in [6.45, 7) is 0.0225. The second-order valence-electron chi connectivity index (χ2n) is 8.72. The van der Waals surface area contributed by atoms with Crippen LogP contribution in [-0.2, 0) is 16.1 Å². The molecule has 7 nitrogen and oxygen atoms in total. The van der Waals surface area contributed by atoms with Gasteiger partial charge in [-0.15, -0.1) is 0 Å². The Morgan fingerprint density at radius 1 is 1.00 bits per heavy atom. The normalized spacial score (nSPS) is 30.9. The Kier molecular flexibility index (Phi) is 4.70. The molecule has 0 aliphatic heterocycles. The Balaban J connectivity index is 1.21. The lowest BCUT2D eigenvalue weighted by Gasteiger charge is -2.56. The number of carbonyl (C=O) groups excluding carboxylic acids is 2. The van der Waals surface area contributed by atoms with Crippen LogP contribution in [0.5, 0.6) is 0 Å². The van der Waals surface area contributed by atoms with Crippen molar-refractivity contribution in [1.82, 2.24) is 10.6 Å². The molecular formula is C20H26N2O5. The van der Waals surface area contributed by atoms with E-state index in [4.69, 9.17) is 9.52 Å². The van der Waals surface area contributed by atoms with Gasteiger partial charge in [-0.2, -0.15) is 0 Å². The minimum atomic E-state index is -1.15. The fourth-order valence-electron chi connectivity index (χ4n) is 5.92. The second kappa shape index (κ2) is 7.02. The number of carbonyl (C=O) groups is 3. The van der Waals surface area contributed by atoms with Gasteiger partial charge < -0.3 is 20.2 Å². The van der Waals surface area contributed by atoms with Crippen molar-refractivity contribution in [3.05, 3.63) is 23.7 Å². The van der Waals surface area contributed by atoms with E-state index in [9.17, 15) is 14.4 Å². The van der Waals surface area contributed by atoms with Crippen LogP contribution in [0.1, 0.15) is 61.3 Å². The minimum Gasteiger partial charge on any atom is -0.475 e. The van der Waals surface area contributed by atoms with Crippen LogP contribution in [-0.4, -0.2) is 29.4 Å². The quantitative estimate of drug-likeness (QED) is 0.679. The molecule has 3 N–H and O–H groups in total. The largest absolute Gasteiger partial charge is 0.475 e. The molecule has 4 fully saturated rings. The number of amides is 2. The fourth-order valence-corrected chi connectivity index (χ4v) is 5.92. The van der Waals surface area contributed by atoms with Crippen LogP contribution >= 0.6 is 0 Å². The first kappa shape index (κ1) is 18.1. The minimum absolute atomic E-state index is 0.0433. The summed E-state index contributed by atoms with van der Waals surface area (Å²) in [5.41, 5.74) is 0.163. The molecule has 1 heterocycles. The van der Waals surface area contributed by atoms with E-state index in [1.807, 2.05) is 0 Å². The van der Waals surface area contributed by atoms with Crippen LogP contribution in [0, 0.1) is 23.2 Å². The van der Waals surface area contributed by atoms with Crippen molar-refractivity contribution < 1.29 is 23.9 Å². The van der Waals surface area contributed by atoms with Gasteiger partial charge in [0.05, 0.1) is 13.1 Å². The number of furan rings is 1. The van der Waals surface area contributed by atoms with E-state index < -0.39 is 5.97 Å². The number of carboxylic acid groups (broad SMARTS) is 1. The zero-order valence-corrected chi connectivity index (χ0v) is 15.3. The lowest BCUT2D eigenvalue weighted by molar-refractivity contribution is -0.132. The summed E-state index contributed by atoms with van der Waals surface area (Å²) in [6, 6.07) is 2.85. The Morgan fingerprint density at radius 3 is 2.19 bits per heavy atom. The predicted octanol–water partition coefficient (Wildman–Crippen LogP) is 2.32. The van der Waals surface area contributed by atoms with Crippen LogP contribution in [0.3, 0.4) is 0 Å². The van der Waals surface area contributed by atoms with Crippen molar-refractivity contribution in [2.45, 2.75) is 51.5 Å². The highest BCUT2D eigenvalue weighted by Gasteiger charge is 2.51. The third kappa shape index (κ3) is 4.01. The van der Waals surface area contributed by atoms with Gasteiger partial charge >= 0.3 is 5.97 Å². The number of hydrogen-bond donors (Lipinski definition) is 3. The van der Waals surface area contributed by atoms with Gasteiger partial charge in [0.2, 0.25) is 17.6 Å². The molecule has 0 radical (unpaired) electrons. The number of hydrogen-bond acceptors (Lipinski definition) is 4. The van der Waals surface area contributed by atoms with E-state index in [0.29, 0.717) is 12.2 Å². The van der Waals surface area contributed by atoms with Gasteiger partial charge in [-0.3, -0.25) is 9.59 Å². The molecule has 4 saturated carbocycles. The molecule has 1 aromatic heterocycles. The van der Waals surface area contributed by atoms with Crippen LogP contribution in [0.15, 0.2) is 16.5 Å². The van der Waals surface area contributed by atoms with Gasteiger partial charge in [-0.1, -0.05) is 0 Å². The maximum Gasteiger partial charge on any atom is 0.371 e. The Labute approximate surface area is 157 Å². The second-order valence-corrected chi connectivity index (χ2v) is 8.72. The summed E-state index contributed by atoms with van der Waals surface area (Å²) in [5.74, 6) is 1.10. The summed E-state index contributed by atoms with van der Waals surface area (Å²) in [4.78, 5) is 35.1. The summed E-state index contributed by atoms with van der Waals surface area (Å²) in [5, 5.41) is 14.2. The molecule has 146 valence electrons. The van der Waals surface area contributed by atoms with E-state index in [-0.39, 0.29) is 36.1 Å².